The molecule has 2 amide bonds. The quantitative estimate of drug-likeness (QED) is 0.442. The van der Waals surface area contributed by atoms with Crippen LogP contribution in [0.2, 0.25) is 0 Å². The van der Waals surface area contributed by atoms with Crippen molar-refractivity contribution in [3.63, 3.8) is 0 Å². The van der Waals surface area contributed by atoms with E-state index in [2.05, 4.69) is 5.32 Å². The lowest BCUT2D eigenvalue weighted by Crippen LogP contribution is -2.46. The minimum atomic E-state index is -0.524. The normalized spacial score (nSPS) is 15.9. The van der Waals surface area contributed by atoms with Crippen LogP contribution < -0.4 is 11.1 Å². The Labute approximate surface area is 168 Å². The SMILES string of the molecule is Cc1cc(C(=O)N2CCCC2C(=O)NCCc2ccc(N)cc2)ccc1[N+](=O)[O-]. The van der Waals surface area contributed by atoms with Gasteiger partial charge in [-0.25, -0.2) is 0 Å². The fraction of sp³-hybridized carbons (Fsp3) is 0.333. The highest BCUT2D eigenvalue weighted by Gasteiger charge is 2.34. The lowest BCUT2D eigenvalue weighted by molar-refractivity contribution is -0.385. The molecule has 8 heteroatoms. The molecule has 0 bridgehead atoms. The maximum absolute atomic E-state index is 12.9. The summed E-state index contributed by atoms with van der Waals surface area (Å²) in [5, 5.41) is 13.9. The van der Waals surface area contributed by atoms with Crippen molar-refractivity contribution in [2.45, 2.75) is 32.2 Å². The van der Waals surface area contributed by atoms with Crippen LogP contribution in [0, 0.1) is 17.0 Å². The molecular formula is C21H24N4O4. The first-order chi connectivity index (χ1) is 13.9. The third-order valence-corrected chi connectivity index (χ3v) is 5.15. The van der Waals surface area contributed by atoms with Crippen molar-refractivity contribution in [1.29, 1.82) is 0 Å². The monoisotopic (exact) mass is 396 g/mol. The summed E-state index contributed by atoms with van der Waals surface area (Å²) in [6.45, 7) is 2.56. The van der Waals surface area contributed by atoms with Crippen LogP contribution in [0.3, 0.4) is 0 Å². The first kappa shape index (κ1) is 20.3. The lowest BCUT2D eigenvalue weighted by Gasteiger charge is -2.24. The minimum absolute atomic E-state index is 0.0278. The number of hydrogen-bond donors (Lipinski definition) is 2. The first-order valence-electron chi connectivity index (χ1n) is 9.55. The van der Waals surface area contributed by atoms with Crippen LogP contribution >= 0.6 is 0 Å². The number of nitro groups is 1. The second kappa shape index (κ2) is 8.72. The van der Waals surface area contributed by atoms with Gasteiger partial charge >= 0.3 is 0 Å². The number of rotatable bonds is 6. The number of nitrogen functional groups attached to an aromatic ring is 1. The van der Waals surface area contributed by atoms with Crippen molar-refractivity contribution in [2.75, 3.05) is 18.8 Å². The number of nitro benzene ring substituents is 1. The molecule has 1 heterocycles. The number of carbonyl (C=O) groups is 2. The maximum Gasteiger partial charge on any atom is 0.272 e. The third kappa shape index (κ3) is 4.71. The number of nitrogens with zero attached hydrogens (tertiary/aromatic N) is 2. The van der Waals surface area contributed by atoms with Crippen LogP contribution in [0.5, 0.6) is 0 Å². The predicted molar refractivity (Wildman–Crippen MR) is 109 cm³/mol. The van der Waals surface area contributed by atoms with E-state index in [1.165, 1.54) is 18.2 Å². The van der Waals surface area contributed by atoms with Crippen molar-refractivity contribution in [1.82, 2.24) is 10.2 Å². The van der Waals surface area contributed by atoms with E-state index in [0.717, 1.165) is 12.0 Å². The molecule has 1 aliphatic rings. The van der Waals surface area contributed by atoms with Crippen LogP contribution in [0.25, 0.3) is 0 Å². The Morgan fingerprint density at radius 2 is 1.97 bits per heavy atom. The topological polar surface area (TPSA) is 119 Å². The number of aryl methyl sites for hydroxylation is 1. The van der Waals surface area contributed by atoms with Crippen LogP contribution in [0.15, 0.2) is 42.5 Å². The number of hydrogen-bond acceptors (Lipinski definition) is 5. The van der Waals surface area contributed by atoms with Crippen molar-refractivity contribution in [2.24, 2.45) is 0 Å². The van der Waals surface area contributed by atoms with E-state index in [1.54, 1.807) is 11.8 Å². The standard InChI is InChI=1S/C21H24N4O4/c1-14-13-16(6-9-18(14)25(28)29)21(27)24-12-2-3-19(24)20(26)23-11-10-15-4-7-17(22)8-5-15/h4-9,13,19H,2-3,10-12,22H2,1H3,(H,23,26). The maximum atomic E-state index is 12.9. The number of benzene rings is 2. The largest absolute Gasteiger partial charge is 0.399 e. The Kier molecular flexibility index (Phi) is 6.11. The molecule has 1 aliphatic heterocycles. The molecule has 0 spiro atoms. The molecule has 1 unspecified atom stereocenters. The highest BCUT2D eigenvalue weighted by Crippen LogP contribution is 2.24. The fourth-order valence-corrected chi connectivity index (χ4v) is 3.57. The van der Waals surface area contributed by atoms with Gasteiger partial charge in [0.1, 0.15) is 6.04 Å². The van der Waals surface area contributed by atoms with Crippen molar-refractivity contribution < 1.29 is 14.5 Å². The summed E-state index contributed by atoms with van der Waals surface area (Å²) in [7, 11) is 0. The molecule has 0 aromatic heterocycles. The zero-order chi connectivity index (χ0) is 21.0. The van der Waals surface area contributed by atoms with Crippen LogP contribution in [0.4, 0.5) is 11.4 Å². The van der Waals surface area contributed by atoms with E-state index < -0.39 is 11.0 Å². The summed E-state index contributed by atoms with van der Waals surface area (Å²) in [5.41, 5.74) is 8.18. The molecule has 0 aliphatic carbocycles. The molecule has 0 radical (unpaired) electrons. The average Bonchev–Trinajstić information content (AvgIpc) is 3.18. The van der Waals surface area contributed by atoms with Gasteiger partial charge in [-0.15, -0.1) is 0 Å². The minimum Gasteiger partial charge on any atom is -0.399 e. The smallest absolute Gasteiger partial charge is 0.272 e. The zero-order valence-electron chi connectivity index (χ0n) is 16.3. The Morgan fingerprint density at radius 3 is 2.62 bits per heavy atom. The Hall–Kier alpha value is -3.42. The van der Waals surface area contributed by atoms with E-state index in [0.29, 0.717) is 42.7 Å². The molecule has 2 aromatic carbocycles. The van der Waals surface area contributed by atoms with Gasteiger partial charge in [0.15, 0.2) is 0 Å². The molecule has 8 nitrogen and oxygen atoms in total. The first-order valence-corrected chi connectivity index (χ1v) is 9.55. The molecule has 152 valence electrons. The predicted octanol–water partition coefficient (Wildman–Crippen LogP) is 2.45. The molecule has 1 saturated heterocycles. The molecular weight excluding hydrogens is 372 g/mol. The van der Waals surface area contributed by atoms with E-state index in [9.17, 15) is 19.7 Å². The number of carbonyl (C=O) groups excluding carboxylic acids is 2. The summed E-state index contributed by atoms with van der Waals surface area (Å²) in [5.74, 6) is -0.455. The summed E-state index contributed by atoms with van der Waals surface area (Å²) < 4.78 is 0. The number of anilines is 1. The van der Waals surface area contributed by atoms with E-state index in [1.807, 2.05) is 24.3 Å². The van der Waals surface area contributed by atoms with Gasteiger partial charge in [0, 0.05) is 36.0 Å². The Bertz CT molecular complexity index is 927. The zero-order valence-corrected chi connectivity index (χ0v) is 16.3. The third-order valence-electron chi connectivity index (χ3n) is 5.15. The van der Waals surface area contributed by atoms with E-state index >= 15 is 0 Å². The second-order valence-electron chi connectivity index (χ2n) is 7.20. The van der Waals surface area contributed by atoms with Gasteiger partial charge in [0.05, 0.1) is 4.92 Å². The van der Waals surface area contributed by atoms with Crippen LogP contribution in [-0.4, -0.2) is 40.8 Å². The highest BCUT2D eigenvalue weighted by atomic mass is 16.6. The van der Waals surface area contributed by atoms with Gasteiger partial charge in [-0.3, -0.25) is 19.7 Å². The molecule has 0 saturated carbocycles. The summed E-state index contributed by atoms with van der Waals surface area (Å²) in [6, 6.07) is 11.2. The van der Waals surface area contributed by atoms with Gasteiger partial charge in [0.2, 0.25) is 5.91 Å². The number of amides is 2. The summed E-state index contributed by atoms with van der Waals surface area (Å²) in [4.78, 5) is 37.6. The van der Waals surface area contributed by atoms with Gasteiger partial charge in [-0.05, 0) is 56.0 Å². The Balaban J connectivity index is 1.61. The van der Waals surface area contributed by atoms with Crippen LogP contribution in [0.1, 0.15) is 34.3 Å². The highest BCUT2D eigenvalue weighted by molar-refractivity contribution is 5.98. The van der Waals surface area contributed by atoms with E-state index in [-0.39, 0.29) is 17.5 Å². The van der Waals surface area contributed by atoms with Gasteiger partial charge in [-0.1, -0.05) is 12.1 Å². The van der Waals surface area contributed by atoms with Crippen LogP contribution in [-0.2, 0) is 11.2 Å². The average molecular weight is 396 g/mol. The van der Waals surface area contributed by atoms with Crippen molar-refractivity contribution in [3.8, 4) is 0 Å². The van der Waals surface area contributed by atoms with Gasteiger partial charge in [0.25, 0.3) is 11.6 Å². The fourth-order valence-electron chi connectivity index (χ4n) is 3.57. The molecule has 1 fully saturated rings. The van der Waals surface area contributed by atoms with Crippen molar-refractivity contribution in [3.05, 3.63) is 69.3 Å². The molecule has 2 aromatic rings. The van der Waals surface area contributed by atoms with Crippen molar-refractivity contribution >= 4 is 23.2 Å². The molecule has 3 N–H and O–H groups in total. The summed E-state index contributed by atoms with van der Waals surface area (Å²) in [6.07, 6.45) is 2.02. The number of nitrogens with two attached hydrogens (primary N) is 1. The molecule has 1 atom stereocenters. The van der Waals surface area contributed by atoms with E-state index in [4.69, 9.17) is 5.73 Å². The Morgan fingerprint density at radius 1 is 1.24 bits per heavy atom. The summed E-state index contributed by atoms with van der Waals surface area (Å²) >= 11 is 0. The molecule has 3 rings (SSSR count). The molecule has 29 heavy (non-hydrogen) atoms. The second-order valence-corrected chi connectivity index (χ2v) is 7.20. The van der Waals surface area contributed by atoms with Gasteiger partial charge < -0.3 is 16.0 Å². The number of likely N-dealkylation sites (tertiary alicyclic amines) is 1. The van der Waals surface area contributed by atoms with Gasteiger partial charge in [-0.2, -0.15) is 0 Å². The number of nitrogens with one attached hydrogen (secondary N) is 1. The lowest BCUT2D eigenvalue weighted by atomic mass is 10.1.